The van der Waals surface area contributed by atoms with E-state index in [2.05, 4.69) is 5.32 Å². The quantitative estimate of drug-likeness (QED) is 0.808. The third-order valence-electron chi connectivity index (χ3n) is 2.79. The Kier molecular flexibility index (Phi) is 5.63. The van der Waals surface area contributed by atoms with E-state index in [0.29, 0.717) is 17.9 Å². The molecule has 0 saturated carbocycles. The maximum absolute atomic E-state index is 11.5. The number of hydrogen-bond donors (Lipinski definition) is 2. The lowest BCUT2D eigenvalue weighted by atomic mass is 10.1. The minimum absolute atomic E-state index is 0.0107. The molecule has 0 heterocycles. The van der Waals surface area contributed by atoms with Gasteiger partial charge in [-0.1, -0.05) is 6.07 Å². The highest BCUT2D eigenvalue weighted by Crippen LogP contribution is 2.27. The molecule has 5 nitrogen and oxygen atoms in total. The van der Waals surface area contributed by atoms with Crippen LogP contribution in [0.25, 0.3) is 0 Å². The average molecular weight is 266 g/mol. The van der Waals surface area contributed by atoms with Crippen molar-refractivity contribution in [2.45, 2.75) is 32.4 Å². The smallest absolute Gasteiger partial charge is 0.236 e. The molecule has 5 heteroatoms. The van der Waals surface area contributed by atoms with Gasteiger partial charge in [0, 0.05) is 6.04 Å². The maximum atomic E-state index is 11.5. The number of nitrogens with two attached hydrogens (primary N) is 1. The zero-order valence-corrected chi connectivity index (χ0v) is 11.9. The van der Waals surface area contributed by atoms with Crippen molar-refractivity contribution >= 4 is 5.91 Å². The third kappa shape index (κ3) is 4.44. The Bertz CT molecular complexity index is 433. The van der Waals surface area contributed by atoms with Crippen LogP contribution >= 0.6 is 0 Å². The molecule has 0 saturated heterocycles. The number of hydrogen-bond acceptors (Lipinski definition) is 4. The molecule has 0 radical (unpaired) electrons. The molecule has 0 spiro atoms. The van der Waals surface area contributed by atoms with Gasteiger partial charge in [0.2, 0.25) is 5.91 Å². The zero-order valence-electron chi connectivity index (χ0n) is 11.9. The summed E-state index contributed by atoms with van der Waals surface area (Å²) in [5.74, 6) is 1.23. The number of carbonyl (C=O) groups is 1. The second-order valence-corrected chi connectivity index (χ2v) is 4.59. The van der Waals surface area contributed by atoms with Crippen LogP contribution in [-0.4, -0.2) is 32.2 Å². The molecule has 3 N–H and O–H groups in total. The monoisotopic (exact) mass is 266 g/mol. The summed E-state index contributed by atoms with van der Waals surface area (Å²) in [5.41, 5.74) is 6.58. The summed E-state index contributed by atoms with van der Waals surface area (Å²) in [6.45, 7) is 3.61. The summed E-state index contributed by atoms with van der Waals surface area (Å²) in [6, 6.07) is 5.24. The van der Waals surface area contributed by atoms with Crippen molar-refractivity contribution < 1.29 is 14.3 Å². The molecule has 0 aliphatic carbocycles. The van der Waals surface area contributed by atoms with Crippen LogP contribution in [0.3, 0.4) is 0 Å². The van der Waals surface area contributed by atoms with E-state index in [4.69, 9.17) is 15.2 Å². The van der Waals surface area contributed by atoms with E-state index in [1.807, 2.05) is 25.1 Å². The number of ether oxygens (including phenoxy) is 2. The molecule has 1 aromatic carbocycles. The standard InChI is InChI=1S/C14H22N2O3/c1-9(16-14(17)10(2)15)7-11-5-6-12(18-3)13(8-11)19-4/h5-6,8-10H,7,15H2,1-4H3,(H,16,17)/t9?,10-/m1/s1. The molecule has 1 amide bonds. The van der Waals surface area contributed by atoms with Crippen LogP contribution in [0.2, 0.25) is 0 Å². The molecule has 1 rings (SSSR count). The van der Waals surface area contributed by atoms with Crippen LogP contribution < -0.4 is 20.5 Å². The third-order valence-corrected chi connectivity index (χ3v) is 2.79. The van der Waals surface area contributed by atoms with Gasteiger partial charge < -0.3 is 20.5 Å². The molecule has 0 aliphatic rings. The van der Waals surface area contributed by atoms with Crippen molar-refractivity contribution in [2.75, 3.05) is 14.2 Å². The van der Waals surface area contributed by atoms with Crippen LogP contribution in [0, 0.1) is 0 Å². The Morgan fingerprint density at radius 1 is 1.26 bits per heavy atom. The Morgan fingerprint density at radius 3 is 2.42 bits per heavy atom. The molecule has 1 unspecified atom stereocenters. The minimum Gasteiger partial charge on any atom is -0.493 e. The minimum atomic E-state index is -0.493. The van der Waals surface area contributed by atoms with Crippen LogP contribution in [0.1, 0.15) is 19.4 Å². The second-order valence-electron chi connectivity index (χ2n) is 4.59. The molecule has 106 valence electrons. The predicted molar refractivity (Wildman–Crippen MR) is 74.5 cm³/mol. The lowest BCUT2D eigenvalue weighted by Gasteiger charge is -2.16. The van der Waals surface area contributed by atoms with Gasteiger partial charge >= 0.3 is 0 Å². The Balaban J connectivity index is 2.69. The first-order valence-electron chi connectivity index (χ1n) is 6.24. The van der Waals surface area contributed by atoms with E-state index in [1.165, 1.54) is 0 Å². The van der Waals surface area contributed by atoms with Gasteiger partial charge in [-0.25, -0.2) is 0 Å². The van der Waals surface area contributed by atoms with E-state index in [1.54, 1.807) is 21.1 Å². The summed E-state index contributed by atoms with van der Waals surface area (Å²) in [4.78, 5) is 11.5. The molecule has 2 atom stereocenters. The Hall–Kier alpha value is -1.75. The van der Waals surface area contributed by atoms with Gasteiger partial charge in [-0.2, -0.15) is 0 Å². The molecule has 19 heavy (non-hydrogen) atoms. The fourth-order valence-electron chi connectivity index (χ4n) is 1.79. The largest absolute Gasteiger partial charge is 0.493 e. The first-order chi connectivity index (χ1) is 8.97. The Morgan fingerprint density at radius 2 is 1.89 bits per heavy atom. The van der Waals surface area contributed by atoms with E-state index < -0.39 is 6.04 Å². The van der Waals surface area contributed by atoms with Crippen molar-refractivity contribution in [3.63, 3.8) is 0 Å². The van der Waals surface area contributed by atoms with E-state index in [-0.39, 0.29) is 11.9 Å². The van der Waals surface area contributed by atoms with Gasteiger partial charge in [0.15, 0.2) is 11.5 Å². The molecule has 0 bridgehead atoms. The zero-order chi connectivity index (χ0) is 14.4. The maximum Gasteiger partial charge on any atom is 0.236 e. The van der Waals surface area contributed by atoms with Gasteiger partial charge in [0.1, 0.15) is 0 Å². The summed E-state index contributed by atoms with van der Waals surface area (Å²) in [6.07, 6.45) is 0.707. The highest BCUT2D eigenvalue weighted by atomic mass is 16.5. The molecule has 0 aromatic heterocycles. The lowest BCUT2D eigenvalue weighted by molar-refractivity contribution is -0.122. The fourth-order valence-corrected chi connectivity index (χ4v) is 1.79. The first kappa shape index (κ1) is 15.3. The summed E-state index contributed by atoms with van der Waals surface area (Å²) >= 11 is 0. The number of nitrogens with one attached hydrogen (secondary N) is 1. The second kappa shape index (κ2) is 6.99. The average Bonchev–Trinajstić information content (AvgIpc) is 2.38. The highest BCUT2D eigenvalue weighted by molar-refractivity contribution is 5.81. The van der Waals surface area contributed by atoms with Crippen LogP contribution in [0.15, 0.2) is 18.2 Å². The normalized spacial score (nSPS) is 13.5. The van der Waals surface area contributed by atoms with E-state index in [0.717, 1.165) is 5.56 Å². The number of methoxy groups -OCH3 is 2. The van der Waals surface area contributed by atoms with Crippen molar-refractivity contribution in [2.24, 2.45) is 5.73 Å². The number of benzene rings is 1. The first-order valence-corrected chi connectivity index (χ1v) is 6.24. The van der Waals surface area contributed by atoms with Gasteiger partial charge in [0.25, 0.3) is 0 Å². The van der Waals surface area contributed by atoms with Crippen LogP contribution in [-0.2, 0) is 11.2 Å². The molecule has 1 aromatic rings. The van der Waals surface area contributed by atoms with Crippen LogP contribution in [0.5, 0.6) is 11.5 Å². The van der Waals surface area contributed by atoms with Crippen molar-refractivity contribution in [3.05, 3.63) is 23.8 Å². The number of amides is 1. The summed E-state index contributed by atoms with van der Waals surface area (Å²) in [5, 5.41) is 2.86. The van der Waals surface area contributed by atoms with Crippen LogP contribution in [0.4, 0.5) is 0 Å². The van der Waals surface area contributed by atoms with Gasteiger partial charge in [-0.05, 0) is 38.0 Å². The Labute approximate surface area is 114 Å². The fraction of sp³-hybridized carbons (Fsp3) is 0.500. The number of carbonyl (C=O) groups excluding carboxylic acids is 1. The topological polar surface area (TPSA) is 73.6 Å². The molecule has 0 aliphatic heterocycles. The summed E-state index contributed by atoms with van der Waals surface area (Å²) in [7, 11) is 3.20. The molecular weight excluding hydrogens is 244 g/mol. The van der Waals surface area contributed by atoms with Gasteiger partial charge in [-0.15, -0.1) is 0 Å². The van der Waals surface area contributed by atoms with E-state index in [9.17, 15) is 4.79 Å². The van der Waals surface area contributed by atoms with Crippen molar-refractivity contribution in [1.82, 2.24) is 5.32 Å². The van der Waals surface area contributed by atoms with Gasteiger partial charge in [-0.3, -0.25) is 4.79 Å². The SMILES string of the molecule is COc1ccc(CC(C)NC(=O)[C@@H](C)N)cc1OC. The highest BCUT2D eigenvalue weighted by Gasteiger charge is 2.12. The molecule has 0 fully saturated rings. The predicted octanol–water partition coefficient (Wildman–Crippen LogP) is 1.10. The number of rotatable bonds is 6. The van der Waals surface area contributed by atoms with Crippen molar-refractivity contribution in [3.8, 4) is 11.5 Å². The van der Waals surface area contributed by atoms with Gasteiger partial charge in [0.05, 0.1) is 20.3 Å². The van der Waals surface area contributed by atoms with E-state index >= 15 is 0 Å². The van der Waals surface area contributed by atoms with Crippen molar-refractivity contribution in [1.29, 1.82) is 0 Å². The molecular formula is C14H22N2O3. The lowest BCUT2D eigenvalue weighted by Crippen LogP contribution is -2.43. The summed E-state index contributed by atoms with van der Waals surface area (Å²) < 4.78 is 10.4.